The van der Waals surface area contributed by atoms with E-state index in [1.807, 2.05) is 0 Å². The number of unbranched alkanes of at least 4 members (excludes halogenated alkanes) is 15. The van der Waals surface area contributed by atoms with Crippen LogP contribution in [-0.2, 0) is 47.6 Å². The Hall–Kier alpha value is -11.8. The smallest absolute Gasteiger partial charge is 0.343 e. The van der Waals surface area contributed by atoms with Crippen molar-refractivity contribution in [3.8, 4) is 46.0 Å². The molecule has 24 heteroatoms. The first-order chi connectivity index (χ1) is 52.5. The Labute approximate surface area is 629 Å². The molecule has 6 rings (SSSR count). The number of carbonyl (C=O) groups is 10. The monoisotopic (exact) mass is 1490 g/mol. The summed E-state index contributed by atoms with van der Waals surface area (Å²) in [6.07, 6.45) is 18.8. The van der Waals surface area contributed by atoms with Gasteiger partial charge in [0.05, 0.1) is 88.3 Å². The predicted molar refractivity (Wildman–Crippen MR) is 398 cm³/mol. The normalized spacial score (nSPS) is 10.6. The first-order valence-electron chi connectivity index (χ1n) is 36.2. The van der Waals surface area contributed by atoms with Gasteiger partial charge in [-0.25, -0.2) is 47.9 Å². The van der Waals surface area contributed by atoms with Gasteiger partial charge in [-0.1, -0.05) is 26.3 Å². The second-order valence-electron chi connectivity index (χ2n) is 24.2. The minimum atomic E-state index is -0.883. The summed E-state index contributed by atoms with van der Waals surface area (Å²) < 4.78 is 77.7. The topological polar surface area (TPSA) is 300 Å². The molecule has 0 aromatic heterocycles. The third-order valence-corrected chi connectivity index (χ3v) is 15.9. The summed E-state index contributed by atoms with van der Waals surface area (Å²) >= 11 is 0. The third-order valence-electron chi connectivity index (χ3n) is 15.9. The predicted octanol–water partition coefficient (Wildman–Crippen LogP) is 15.8. The van der Waals surface area contributed by atoms with E-state index in [4.69, 9.17) is 66.3 Å². The van der Waals surface area contributed by atoms with Crippen molar-refractivity contribution in [2.24, 2.45) is 0 Å². The number of hydrogen-bond donors (Lipinski definition) is 0. The zero-order valence-electron chi connectivity index (χ0n) is 60.9. The molecule has 0 aliphatic rings. The Morgan fingerprint density at radius 2 is 0.426 bits per heavy atom. The number of rotatable bonds is 53. The van der Waals surface area contributed by atoms with Crippen LogP contribution in [0.2, 0.25) is 0 Å². The van der Waals surface area contributed by atoms with Gasteiger partial charge in [-0.05, 0) is 262 Å². The molecule has 0 atom stereocenters. The van der Waals surface area contributed by atoms with Crippen LogP contribution in [0.4, 0.5) is 0 Å². The summed E-state index contributed by atoms with van der Waals surface area (Å²) in [7, 11) is 0. The molecular weight excluding hydrogens is 1390 g/mol. The fraction of sp³-hybridized carbons (Fsp3) is 0.357. The summed E-state index contributed by atoms with van der Waals surface area (Å²) in [6.45, 7) is 16.3. The van der Waals surface area contributed by atoms with Crippen molar-refractivity contribution >= 4 is 59.7 Å². The molecule has 0 heterocycles. The minimum absolute atomic E-state index is 0.0488. The van der Waals surface area contributed by atoms with Crippen molar-refractivity contribution in [2.45, 2.75) is 128 Å². The lowest BCUT2D eigenvalue weighted by molar-refractivity contribution is -0.138. The van der Waals surface area contributed by atoms with Gasteiger partial charge >= 0.3 is 59.7 Å². The van der Waals surface area contributed by atoms with Crippen LogP contribution < -0.4 is 37.9 Å². The minimum Gasteiger partial charge on any atom is -0.494 e. The molecule has 0 bridgehead atoms. The fourth-order valence-electron chi connectivity index (χ4n) is 10.0. The maximum atomic E-state index is 13.9. The van der Waals surface area contributed by atoms with E-state index >= 15 is 0 Å². The van der Waals surface area contributed by atoms with E-state index in [0.717, 1.165) is 101 Å². The van der Waals surface area contributed by atoms with Crippen molar-refractivity contribution < 1.29 is 114 Å². The highest BCUT2D eigenvalue weighted by Crippen LogP contribution is 2.31. The van der Waals surface area contributed by atoms with Gasteiger partial charge in [0, 0.05) is 24.3 Å². The van der Waals surface area contributed by atoms with Crippen molar-refractivity contribution in [3.63, 3.8) is 0 Å². The lowest BCUT2D eigenvalue weighted by Crippen LogP contribution is -2.15. The van der Waals surface area contributed by atoms with Gasteiger partial charge in [0.2, 0.25) is 0 Å². The molecule has 574 valence electrons. The van der Waals surface area contributed by atoms with E-state index in [0.29, 0.717) is 127 Å². The Kier molecular flexibility index (Phi) is 39.3. The fourth-order valence-corrected chi connectivity index (χ4v) is 10.0. The maximum absolute atomic E-state index is 13.9. The number of ether oxygens (including phenoxy) is 14. The quantitative estimate of drug-likeness (QED) is 0.0113. The third kappa shape index (κ3) is 33.1. The number of esters is 10. The van der Waals surface area contributed by atoms with Crippen LogP contribution in [0.5, 0.6) is 46.0 Å². The Morgan fingerprint density at radius 3 is 0.657 bits per heavy atom. The van der Waals surface area contributed by atoms with Crippen molar-refractivity contribution in [3.05, 3.63) is 217 Å². The maximum Gasteiger partial charge on any atom is 0.343 e. The van der Waals surface area contributed by atoms with E-state index in [1.54, 1.807) is 48.5 Å². The van der Waals surface area contributed by atoms with Crippen LogP contribution in [-0.4, -0.2) is 126 Å². The highest BCUT2D eigenvalue weighted by molar-refractivity contribution is 5.99. The van der Waals surface area contributed by atoms with Crippen LogP contribution in [0, 0.1) is 0 Å². The van der Waals surface area contributed by atoms with E-state index in [9.17, 15) is 47.9 Å². The zero-order chi connectivity index (χ0) is 77.4. The summed E-state index contributed by atoms with van der Waals surface area (Å²) in [5.41, 5.74) is 0.239. The molecule has 24 nitrogen and oxygen atoms in total. The number of benzene rings is 6. The van der Waals surface area contributed by atoms with Crippen molar-refractivity contribution in [1.29, 1.82) is 0 Å². The molecule has 0 amide bonds. The molecule has 0 radical (unpaired) electrons. The standard InChI is InChI=1S/C84H94O24/c1-5-75(85)99-53-23-13-9-19-49-95-65-37-29-61(30-38-65)79(89)105-69-45-47-73(107-81(91)63-33-41-67(42-34-63)97-51-21-11-15-25-55-101-77(87)7-3)71(59-69)83(93)103-57-27-17-18-28-58-104-84(94)72-60-70(106-80(90)62-31-39-66(40-32-62)96-50-20-10-14-24-54-100-76(86)6-2)46-48-74(72)108-82(92)64-35-43-68(44-36-64)98-52-22-12-16-26-56-102-78(88)8-4/h5-8,29-48,59-60H,1-4,9-28,49-58H2. The average Bonchev–Trinajstić information content (AvgIpc) is 0.828. The van der Waals surface area contributed by atoms with Gasteiger partial charge in [-0.2, -0.15) is 0 Å². The van der Waals surface area contributed by atoms with Crippen molar-refractivity contribution in [1.82, 2.24) is 0 Å². The average molecular weight is 1490 g/mol. The summed E-state index contributed by atoms with van der Waals surface area (Å²) in [5, 5.41) is 0. The number of carbonyl (C=O) groups excluding carboxylic acids is 10. The molecule has 0 aliphatic carbocycles. The van der Waals surface area contributed by atoms with E-state index in [-0.39, 0.29) is 69.6 Å². The molecule has 0 fully saturated rings. The molecule has 0 aliphatic heterocycles. The first-order valence-corrected chi connectivity index (χ1v) is 36.2. The summed E-state index contributed by atoms with van der Waals surface area (Å²) in [5.74, 6) is -5.05. The number of hydrogen-bond acceptors (Lipinski definition) is 24. The highest BCUT2D eigenvalue weighted by atomic mass is 16.6. The van der Waals surface area contributed by atoms with Gasteiger partial charge in [0.1, 0.15) is 57.1 Å². The Balaban J connectivity index is 1.04. The van der Waals surface area contributed by atoms with Crippen LogP contribution >= 0.6 is 0 Å². The summed E-state index contributed by atoms with van der Waals surface area (Å²) in [4.78, 5) is 127. The van der Waals surface area contributed by atoms with Gasteiger partial charge in [0.25, 0.3) is 0 Å². The van der Waals surface area contributed by atoms with Crippen LogP contribution in [0.25, 0.3) is 0 Å². The van der Waals surface area contributed by atoms with Crippen molar-refractivity contribution in [2.75, 3.05) is 66.1 Å². The zero-order valence-corrected chi connectivity index (χ0v) is 60.9. The largest absolute Gasteiger partial charge is 0.494 e. The van der Waals surface area contributed by atoms with E-state index in [1.165, 1.54) is 84.9 Å². The SMILES string of the molecule is C=CC(=O)OCCCCCCOc1ccc(C(=O)Oc2ccc(OC(=O)c3ccc(OCCCCCCOC(=O)C=C)cc3)c(C(=O)OCCCCCCOC(=O)c3cc(OC(=O)c4ccc(OCCCCCCOC(=O)C=C)cc4)ccc3OC(=O)c3ccc(OCCCCCCOC(=O)C=C)cc3)c2)cc1. The summed E-state index contributed by atoms with van der Waals surface area (Å²) in [6, 6.07) is 33.0. The molecule has 0 unspecified atom stereocenters. The molecule has 108 heavy (non-hydrogen) atoms. The van der Waals surface area contributed by atoms with E-state index < -0.39 is 59.7 Å². The lowest BCUT2D eigenvalue weighted by atomic mass is 10.1. The van der Waals surface area contributed by atoms with Crippen LogP contribution in [0.3, 0.4) is 0 Å². The van der Waals surface area contributed by atoms with Gasteiger partial charge in [0.15, 0.2) is 0 Å². The molecule has 0 saturated heterocycles. The van der Waals surface area contributed by atoms with Gasteiger partial charge in [-0.3, -0.25) is 0 Å². The van der Waals surface area contributed by atoms with Gasteiger partial charge < -0.3 is 66.3 Å². The molecule has 0 N–H and O–H groups in total. The van der Waals surface area contributed by atoms with Crippen LogP contribution in [0.1, 0.15) is 191 Å². The lowest BCUT2D eigenvalue weighted by Gasteiger charge is -2.13. The second-order valence-corrected chi connectivity index (χ2v) is 24.2. The molecule has 0 saturated carbocycles. The molecule has 0 spiro atoms. The highest BCUT2D eigenvalue weighted by Gasteiger charge is 2.24. The molecular formula is C84H94O24. The Bertz CT molecular complexity index is 3640. The first kappa shape index (κ1) is 85.1. The molecule has 6 aromatic carbocycles. The van der Waals surface area contributed by atoms with Crippen LogP contribution in [0.15, 0.2) is 184 Å². The second kappa shape index (κ2) is 49.8. The van der Waals surface area contributed by atoms with Gasteiger partial charge in [-0.15, -0.1) is 0 Å². The molecule has 6 aromatic rings. The van der Waals surface area contributed by atoms with E-state index in [2.05, 4.69) is 26.3 Å². The Morgan fingerprint density at radius 1 is 0.222 bits per heavy atom.